The van der Waals surface area contributed by atoms with Crippen molar-refractivity contribution in [3.63, 3.8) is 0 Å². The largest absolute Gasteiger partial charge is 0.388 e. The third-order valence-corrected chi connectivity index (χ3v) is 6.97. The lowest BCUT2D eigenvalue weighted by atomic mass is 9.84. The Morgan fingerprint density at radius 2 is 1.71 bits per heavy atom. The molecule has 0 atom stereocenters. The maximum atomic E-state index is 12.7. The molecule has 1 saturated heterocycles. The Kier molecular flexibility index (Phi) is 6.02. The van der Waals surface area contributed by atoms with Crippen LogP contribution in [-0.4, -0.2) is 41.6 Å². The lowest BCUT2D eigenvalue weighted by molar-refractivity contribution is -0.0544. The third kappa shape index (κ3) is 4.90. The fourth-order valence-corrected chi connectivity index (χ4v) is 4.51. The van der Waals surface area contributed by atoms with Gasteiger partial charge in [-0.05, 0) is 47.1 Å². The van der Waals surface area contributed by atoms with Gasteiger partial charge in [0.15, 0.2) is 0 Å². The minimum absolute atomic E-state index is 0.0522. The normalized spacial score (nSPS) is 17.9. The van der Waals surface area contributed by atoms with Crippen LogP contribution >= 0.6 is 11.8 Å². The summed E-state index contributed by atoms with van der Waals surface area (Å²) in [6, 6.07) is 16.5. The van der Waals surface area contributed by atoms with Crippen LogP contribution in [0.1, 0.15) is 51.2 Å². The van der Waals surface area contributed by atoms with E-state index >= 15 is 0 Å². The predicted molar refractivity (Wildman–Crippen MR) is 128 cm³/mol. The van der Waals surface area contributed by atoms with Crippen LogP contribution in [0, 0.1) is 0 Å². The van der Waals surface area contributed by atoms with E-state index in [1.54, 1.807) is 11.8 Å². The van der Waals surface area contributed by atoms with Gasteiger partial charge in [-0.2, -0.15) is 0 Å². The smallest absolute Gasteiger partial charge is 0.321 e. The predicted octanol–water partition coefficient (Wildman–Crippen LogP) is 5.90. The van der Waals surface area contributed by atoms with E-state index < -0.39 is 0 Å². The molecule has 4 rings (SSSR count). The summed E-state index contributed by atoms with van der Waals surface area (Å²) in [6.07, 6.45) is 4.42. The van der Waals surface area contributed by atoms with Gasteiger partial charge in [-0.1, -0.05) is 50.2 Å². The van der Waals surface area contributed by atoms with Gasteiger partial charge in [-0.15, -0.1) is 11.8 Å². The first kappa shape index (κ1) is 21.8. The molecule has 2 aromatic rings. The molecule has 31 heavy (non-hydrogen) atoms. The summed E-state index contributed by atoms with van der Waals surface area (Å²) in [6.45, 7) is 7.99. The molecular formula is C25H31N3O2S. The van der Waals surface area contributed by atoms with Gasteiger partial charge in [0.25, 0.3) is 0 Å². The van der Waals surface area contributed by atoms with Gasteiger partial charge < -0.3 is 15.1 Å². The number of anilines is 1. The molecule has 5 nitrogen and oxygen atoms in total. The zero-order valence-electron chi connectivity index (χ0n) is 18.8. The maximum Gasteiger partial charge on any atom is 0.321 e. The van der Waals surface area contributed by atoms with Crippen LogP contribution in [0.4, 0.5) is 10.5 Å². The molecule has 0 unspecified atom stereocenters. The molecule has 2 aliphatic heterocycles. The van der Waals surface area contributed by atoms with Crippen molar-refractivity contribution in [2.45, 2.75) is 55.9 Å². The zero-order chi connectivity index (χ0) is 22.1. The van der Waals surface area contributed by atoms with Gasteiger partial charge in [0, 0.05) is 42.9 Å². The molecule has 2 heterocycles. The quantitative estimate of drug-likeness (QED) is 0.609. The number of benzene rings is 2. The number of thioether (sulfide) groups is 1. The van der Waals surface area contributed by atoms with Crippen LogP contribution in [0.15, 0.2) is 58.6 Å². The monoisotopic (exact) mass is 437 g/mol. The van der Waals surface area contributed by atoms with E-state index in [-0.39, 0.29) is 17.0 Å². The highest BCUT2D eigenvalue weighted by Gasteiger charge is 2.43. The van der Waals surface area contributed by atoms with E-state index in [1.165, 1.54) is 10.5 Å². The van der Waals surface area contributed by atoms with Crippen molar-refractivity contribution >= 4 is 29.2 Å². The van der Waals surface area contributed by atoms with Crippen LogP contribution in [0.25, 0.3) is 0 Å². The van der Waals surface area contributed by atoms with Crippen molar-refractivity contribution < 1.29 is 9.63 Å². The summed E-state index contributed by atoms with van der Waals surface area (Å²) in [4.78, 5) is 21.7. The standard InChI is InChI=1S/C25H31N3O2S/c1-24(2,3)19-7-5-18(6-8-19)22-17-25(30-27-22)13-15-28(16-14-25)23(29)26-20-9-11-21(31-4)12-10-20/h5-12H,13-17H2,1-4H3,(H,26,29). The highest BCUT2D eigenvalue weighted by atomic mass is 32.2. The second kappa shape index (κ2) is 8.58. The fraction of sp³-hybridized carbons (Fsp3) is 0.440. The Hall–Kier alpha value is -2.47. The van der Waals surface area contributed by atoms with Crippen LogP contribution in [0.2, 0.25) is 0 Å². The van der Waals surface area contributed by atoms with Gasteiger partial charge in [-0.25, -0.2) is 4.79 Å². The minimum Gasteiger partial charge on any atom is -0.388 e. The molecule has 0 saturated carbocycles. The van der Waals surface area contributed by atoms with Crippen molar-refractivity contribution in [2.24, 2.45) is 5.16 Å². The molecule has 2 aromatic carbocycles. The summed E-state index contributed by atoms with van der Waals surface area (Å²) in [5, 5.41) is 7.43. The van der Waals surface area contributed by atoms with Crippen molar-refractivity contribution in [1.82, 2.24) is 4.90 Å². The van der Waals surface area contributed by atoms with Gasteiger partial charge >= 0.3 is 6.03 Å². The van der Waals surface area contributed by atoms with Crippen LogP contribution in [-0.2, 0) is 10.3 Å². The number of hydrogen-bond acceptors (Lipinski definition) is 4. The molecule has 164 valence electrons. The van der Waals surface area contributed by atoms with Crippen molar-refractivity contribution in [3.05, 3.63) is 59.7 Å². The molecule has 0 bridgehead atoms. The molecule has 2 aliphatic rings. The number of hydrogen-bond donors (Lipinski definition) is 1. The third-order valence-electron chi connectivity index (χ3n) is 6.23. The van der Waals surface area contributed by atoms with E-state index in [2.05, 4.69) is 55.5 Å². The fourth-order valence-electron chi connectivity index (χ4n) is 4.10. The number of amides is 2. The van der Waals surface area contributed by atoms with Crippen LogP contribution in [0.5, 0.6) is 0 Å². The number of nitrogens with zero attached hydrogens (tertiary/aromatic N) is 2. The summed E-state index contributed by atoms with van der Waals surface area (Å²) >= 11 is 1.69. The Morgan fingerprint density at radius 3 is 2.29 bits per heavy atom. The summed E-state index contributed by atoms with van der Waals surface area (Å²) in [5.41, 5.74) is 4.12. The molecule has 0 aromatic heterocycles. The van der Waals surface area contributed by atoms with Gasteiger partial charge in [0.05, 0.1) is 5.71 Å². The molecule has 1 fully saturated rings. The molecule has 1 spiro atoms. The highest BCUT2D eigenvalue weighted by molar-refractivity contribution is 7.98. The Morgan fingerprint density at radius 1 is 1.06 bits per heavy atom. The summed E-state index contributed by atoms with van der Waals surface area (Å²) in [5.74, 6) is 0. The molecule has 1 N–H and O–H groups in total. The second-order valence-corrected chi connectivity index (χ2v) is 10.3. The van der Waals surface area contributed by atoms with Gasteiger partial charge in [0.1, 0.15) is 5.60 Å². The second-order valence-electron chi connectivity index (χ2n) is 9.46. The number of carbonyl (C=O) groups is 1. The minimum atomic E-state index is -0.283. The van der Waals surface area contributed by atoms with Crippen LogP contribution < -0.4 is 5.32 Å². The lowest BCUT2D eigenvalue weighted by Crippen LogP contribution is -2.48. The SMILES string of the molecule is CSc1ccc(NC(=O)N2CCC3(CC2)CC(c2ccc(C(C)(C)C)cc2)=NO3)cc1. The van der Waals surface area contributed by atoms with Crippen LogP contribution in [0.3, 0.4) is 0 Å². The number of likely N-dealkylation sites (tertiary alicyclic amines) is 1. The van der Waals surface area contributed by atoms with Gasteiger partial charge in [-0.3, -0.25) is 0 Å². The number of carbonyl (C=O) groups excluding carboxylic acids is 1. The summed E-state index contributed by atoms with van der Waals surface area (Å²) < 4.78 is 0. The Labute approximate surface area is 189 Å². The number of oxime groups is 1. The topological polar surface area (TPSA) is 53.9 Å². The summed E-state index contributed by atoms with van der Waals surface area (Å²) in [7, 11) is 0. The molecule has 0 aliphatic carbocycles. The number of rotatable bonds is 3. The first-order valence-corrected chi connectivity index (χ1v) is 12.1. The Balaban J connectivity index is 1.32. The van der Waals surface area contributed by atoms with E-state index in [9.17, 15) is 4.79 Å². The number of piperidine rings is 1. The maximum absolute atomic E-state index is 12.7. The van der Waals surface area contributed by atoms with Gasteiger partial charge in [0.2, 0.25) is 0 Å². The first-order valence-electron chi connectivity index (χ1n) is 10.8. The first-order chi connectivity index (χ1) is 14.8. The van der Waals surface area contributed by atoms with E-state index in [4.69, 9.17) is 4.84 Å². The van der Waals surface area contributed by atoms with Crippen molar-refractivity contribution in [1.29, 1.82) is 0 Å². The molecule has 2 amide bonds. The van der Waals surface area contributed by atoms with E-state index in [0.29, 0.717) is 13.1 Å². The Bertz CT molecular complexity index is 954. The molecule has 0 radical (unpaired) electrons. The average molecular weight is 438 g/mol. The highest BCUT2D eigenvalue weighted by Crippen LogP contribution is 2.36. The lowest BCUT2D eigenvalue weighted by Gasteiger charge is -2.37. The van der Waals surface area contributed by atoms with E-state index in [0.717, 1.165) is 36.2 Å². The number of nitrogens with one attached hydrogen (secondary N) is 1. The zero-order valence-corrected chi connectivity index (χ0v) is 19.6. The van der Waals surface area contributed by atoms with Crippen molar-refractivity contribution in [2.75, 3.05) is 24.7 Å². The van der Waals surface area contributed by atoms with E-state index in [1.807, 2.05) is 35.4 Å². The number of urea groups is 1. The average Bonchev–Trinajstić information content (AvgIpc) is 3.17. The molecular weight excluding hydrogens is 406 g/mol. The molecule has 6 heteroatoms. The van der Waals surface area contributed by atoms with Crippen molar-refractivity contribution in [3.8, 4) is 0 Å².